The molecule has 6 heteroatoms. The Morgan fingerprint density at radius 1 is 1.48 bits per heavy atom. The van der Waals surface area contributed by atoms with Gasteiger partial charge < -0.3 is 15.4 Å². The first-order valence-corrected chi connectivity index (χ1v) is 7.03. The third-order valence-corrected chi connectivity index (χ3v) is 3.94. The lowest BCUT2D eigenvalue weighted by molar-refractivity contribution is 0.0672. The fraction of sp³-hybridized carbons (Fsp3) is 0.333. The van der Waals surface area contributed by atoms with Crippen LogP contribution in [0, 0.1) is 0 Å². The number of rotatable bonds is 3. The molecule has 2 aromatic rings. The zero-order valence-electron chi connectivity index (χ0n) is 11.6. The molecule has 1 aromatic heterocycles. The Hall–Kier alpha value is -2.18. The molecular formula is C15H18N4O2. The van der Waals surface area contributed by atoms with Gasteiger partial charge in [0.1, 0.15) is 5.69 Å². The lowest BCUT2D eigenvalue weighted by Gasteiger charge is -2.23. The molecule has 0 radical (unpaired) electrons. The van der Waals surface area contributed by atoms with Gasteiger partial charge in [-0.3, -0.25) is 10.6 Å². The number of para-hydroxylation sites is 1. The largest absolute Gasteiger partial charge is 0.394 e. The third-order valence-electron chi connectivity index (χ3n) is 3.94. The molecule has 2 heterocycles. The predicted octanol–water partition coefficient (Wildman–Crippen LogP) is 1.12. The average Bonchev–Trinajstić information content (AvgIpc) is 3.01. The van der Waals surface area contributed by atoms with Crippen molar-refractivity contribution in [3.8, 4) is 0 Å². The summed E-state index contributed by atoms with van der Waals surface area (Å²) < 4.78 is 0. The van der Waals surface area contributed by atoms with Gasteiger partial charge in [-0.2, -0.15) is 0 Å². The van der Waals surface area contributed by atoms with Gasteiger partial charge in [0, 0.05) is 11.9 Å². The second-order valence-corrected chi connectivity index (χ2v) is 5.19. The molecule has 6 nitrogen and oxygen atoms in total. The fourth-order valence-corrected chi connectivity index (χ4v) is 2.84. The average molecular weight is 286 g/mol. The highest BCUT2D eigenvalue weighted by Crippen LogP contribution is 2.25. The molecule has 1 fully saturated rings. The number of carbonyl (C=O) groups is 1. The molecule has 0 bridgehead atoms. The second-order valence-electron chi connectivity index (χ2n) is 5.19. The number of anilines is 1. The van der Waals surface area contributed by atoms with Crippen LogP contribution in [0.5, 0.6) is 0 Å². The van der Waals surface area contributed by atoms with E-state index in [-0.39, 0.29) is 18.6 Å². The number of hydrogen-bond acceptors (Lipinski definition) is 5. The summed E-state index contributed by atoms with van der Waals surface area (Å²) in [5, 5.41) is 10.2. The normalized spacial score (nSPS) is 18.2. The van der Waals surface area contributed by atoms with Crippen LogP contribution < -0.4 is 11.3 Å². The van der Waals surface area contributed by atoms with Gasteiger partial charge in [0.15, 0.2) is 0 Å². The number of amides is 1. The van der Waals surface area contributed by atoms with E-state index in [1.807, 2.05) is 24.3 Å². The van der Waals surface area contributed by atoms with Crippen LogP contribution in [0.4, 0.5) is 5.69 Å². The molecule has 110 valence electrons. The van der Waals surface area contributed by atoms with E-state index in [1.165, 1.54) is 0 Å². The number of nitrogens with zero attached hydrogens (tertiary/aromatic N) is 2. The minimum atomic E-state index is -0.159. The summed E-state index contributed by atoms with van der Waals surface area (Å²) in [4.78, 5) is 18.7. The molecule has 1 atom stereocenters. The van der Waals surface area contributed by atoms with Gasteiger partial charge in [-0.15, -0.1) is 0 Å². The first-order chi connectivity index (χ1) is 10.2. The van der Waals surface area contributed by atoms with E-state index in [0.717, 1.165) is 23.7 Å². The predicted molar refractivity (Wildman–Crippen MR) is 80.7 cm³/mol. The number of carbonyl (C=O) groups excluding carboxylic acids is 1. The van der Waals surface area contributed by atoms with E-state index in [2.05, 4.69) is 10.4 Å². The monoisotopic (exact) mass is 286 g/mol. The van der Waals surface area contributed by atoms with Crippen molar-refractivity contribution in [3.63, 3.8) is 0 Å². The Morgan fingerprint density at radius 2 is 2.29 bits per heavy atom. The molecule has 3 rings (SSSR count). The molecule has 21 heavy (non-hydrogen) atoms. The number of aliphatic hydroxyl groups is 1. The molecule has 1 unspecified atom stereocenters. The van der Waals surface area contributed by atoms with Crippen molar-refractivity contribution in [2.75, 3.05) is 18.6 Å². The van der Waals surface area contributed by atoms with Gasteiger partial charge in [-0.1, -0.05) is 18.2 Å². The van der Waals surface area contributed by atoms with Crippen molar-refractivity contribution >= 4 is 22.5 Å². The van der Waals surface area contributed by atoms with Crippen LogP contribution in [0.25, 0.3) is 10.9 Å². The van der Waals surface area contributed by atoms with E-state index in [0.29, 0.717) is 17.9 Å². The number of benzene rings is 1. The first kappa shape index (κ1) is 13.8. The molecule has 0 saturated carbocycles. The standard InChI is InChI=1S/C15H18N4O2/c16-18-13-8-14(17-12-6-2-1-5-11(12)13)15(21)19-7-3-4-10(19)9-20/h1-2,5-6,8,10,20H,3-4,7,9,16H2,(H,17,18). The number of nitrogens with two attached hydrogens (primary N) is 1. The van der Waals surface area contributed by atoms with Crippen LogP contribution in [0.1, 0.15) is 23.3 Å². The number of hydrogen-bond donors (Lipinski definition) is 3. The lowest BCUT2D eigenvalue weighted by Crippen LogP contribution is -2.38. The van der Waals surface area contributed by atoms with Gasteiger partial charge in [-0.25, -0.2) is 4.98 Å². The Bertz CT molecular complexity index is 674. The number of aromatic nitrogens is 1. The van der Waals surface area contributed by atoms with Gasteiger partial charge in [0.05, 0.1) is 23.9 Å². The Kier molecular flexibility index (Phi) is 3.72. The van der Waals surface area contributed by atoms with Gasteiger partial charge >= 0.3 is 0 Å². The minimum absolute atomic E-state index is 0.0126. The Labute approximate surface area is 122 Å². The van der Waals surface area contributed by atoms with E-state index in [1.54, 1.807) is 11.0 Å². The topological polar surface area (TPSA) is 91.5 Å². The van der Waals surface area contributed by atoms with Crippen LogP contribution in [0.2, 0.25) is 0 Å². The van der Waals surface area contributed by atoms with Gasteiger partial charge in [0.2, 0.25) is 0 Å². The van der Waals surface area contributed by atoms with Crippen molar-refractivity contribution in [2.24, 2.45) is 5.84 Å². The van der Waals surface area contributed by atoms with Crippen molar-refractivity contribution in [1.82, 2.24) is 9.88 Å². The maximum atomic E-state index is 12.6. The van der Waals surface area contributed by atoms with E-state index in [9.17, 15) is 9.90 Å². The molecule has 1 saturated heterocycles. The van der Waals surface area contributed by atoms with Crippen molar-refractivity contribution < 1.29 is 9.90 Å². The van der Waals surface area contributed by atoms with Crippen LogP contribution >= 0.6 is 0 Å². The highest BCUT2D eigenvalue weighted by Gasteiger charge is 2.29. The Morgan fingerprint density at radius 3 is 3.05 bits per heavy atom. The number of nitrogen functional groups attached to an aromatic ring is 1. The maximum absolute atomic E-state index is 12.6. The molecule has 0 aliphatic carbocycles. The maximum Gasteiger partial charge on any atom is 0.272 e. The summed E-state index contributed by atoms with van der Waals surface area (Å²) >= 11 is 0. The number of hydrazine groups is 1. The van der Waals surface area contributed by atoms with Crippen LogP contribution in [-0.2, 0) is 0 Å². The molecule has 1 aliphatic rings. The number of aliphatic hydroxyl groups excluding tert-OH is 1. The van der Waals surface area contributed by atoms with Crippen molar-refractivity contribution in [1.29, 1.82) is 0 Å². The van der Waals surface area contributed by atoms with E-state index < -0.39 is 0 Å². The second kappa shape index (κ2) is 5.67. The molecule has 0 spiro atoms. The summed E-state index contributed by atoms with van der Waals surface area (Å²) in [6.07, 6.45) is 1.74. The Balaban J connectivity index is 2.02. The summed E-state index contributed by atoms with van der Waals surface area (Å²) in [5.74, 6) is 5.39. The van der Waals surface area contributed by atoms with Crippen molar-refractivity contribution in [2.45, 2.75) is 18.9 Å². The summed E-state index contributed by atoms with van der Waals surface area (Å²) in [6, 6.07) is 9.07. The van der Waals surface area contributed by atoms with E-state index >= 15 is 0 Å². The smallest absolute Gasteiger partial charge is 0.272 e. The molecule has 1 amide bonds. The quantitative estimate of drug-likeness (QED) is 0.581. The minimum Gasteiger partial charge on any atom is -0.394 e. The highest BCUT2D eigenvalue weighted by atomic mass is 16.3. The van der Waals surface area contributed by atoms with Crippen LogP contribution in [-0.4, -0.2) is 40.1 Å². The number of fused-ring (bicyclic) bond motifs is 1. The number of pyridine rings is 1. The van der Waals surface area contributed by atoms with E-state index in [4.69, 9.17) is 5.84 Å². The van der Waals surface area contributed by atoms with Crippen molar-refractivity contribution in [3.05, 3.63) is 36.0 Å². The highest BCUT2D eigenvalue weighted by molar-refractivity contribution is 5.99. The number of nitrogens with one attached hydrogen (secondary N) is 1. The molecule has 1 aromatic carbocycles. The zero-order chi connectivity index (χ0) is 14.8. The third kappa shape index (κ3) is 2.43. The van der Waals surface area contributed by atoms with Gasteiger partial charge in [0.25, 0.3) is 5.91 Å². The lowest BCUT2D eigenvalue weighted by atomic mass is 10.1. The zero-order valence-corrected chi connectivity index (χ0v) is 11.6. The first-order valence-electron chi connectivity index (χ1n) is 7.03. The molecule has 1 aliphatic heterocycles. The SMILES string of the molecule is NNc1cc(C(=O)N2CCCC2CO)nc2ccccc12. The summed E-state index contributed by atoms with van der Waals surface area (Å²) in [5.41, 5.74) is 4.36. The number of likely N-dealkylation sites (tertiary alicyclic amines) is 1. The summed E-state index contributed by atoms with van der Waals surface area (Å²) in [7, 11) is 0. The summed E-state index contributed by atoms with van der Waals surface area (Å²) in [6.45, 7) is 0.644. The molecule has 4 N–H and O–H groups in total. The fourth-order valence-electron chi connectivity index (χ4n) is 2.84. The molecular weight excluding hydrogens is 268 g/mol. The van der Waals surface area contributed by atoms with Crippen LogP contribution in [0.3, 0.4) is 0 Å². The van der Waals surface area contributed by atoms with Crippen LogP contribution in [0.15, 0.2) is 30.3 Å². The van der Waals surface area contributed by atoms with Gasteiger partial charge in [-0.05, 0) is 25.0 Å².